The summed E-state index contributed by atoms with van der Waals surface area (Å²) in [4.78, 5) is 46.5. The molecule has 11 nitrogen and oxygen atoms in total. The van der Waals surface area contributed by atoms with Gasteiger partial charge < -0.3 is 35.8 Å². The molecule has 0 aromatic heterocycles. The van der Waals surface area contributed by atoms with E-state index in [0.717, 1.165) is 101 Å². The minimum Gasteiger partial charge on any atom is -0.380 e. The molecule has 1 aliphatic carbocycles. The van der Waals surface area contributed by atoms with Crippen LogP contribution in [0.4, 0.5) is 11.4 Å². The Hall–Kier alpha value is -4.66. The summed E-state index contributed by atoms with van der Waals surface area (Å²) in [7, 11) is 0. The van der Waals surface area contributed by atoms with Crippen LogP contribution < -0.4 is 21.3 Å². The maximum absolute atomic E-state index is 13.4. The number of fused-ring (bicyclic) bond motifs is 4. The van der Waals surface area contributed by atoms with Crippen LogP contribution >= 0.6 is 23.5 Å². The van der Waals surface area contributed by atoms with Gasteiger partial charge in [-0.1, -0.05) is 72.8 Å². The average Bonchev–Trinajstić information content (AvgIpc) is 3.64. The van der Waals surface area contributed by atoms with Gasteiger partial charge >= 0.3 is 0 Å². The monoisotopic (exact) mass is 814 g/mol. The molecule has 4 aromatic rings. The van der Waals surface area contributed by atoms with E-state index < -0.39 is 0 Å². The highest BCUT2D eigenvalue weighted by Gasteiger charge is 2.32. The lowest BCUT2D eigenvalue weighted by molar-refractivity contribution is 0.0919. The minimum atomic E-state index is -0.135. The summed E-state index contributed by atoms with van der Waals surface area (Å²) in [6.07, 6.45) is 4.43. The van der Waals surface area contributed by atoms with Crippen molar-refractivity contribution in [3.05, 3.63) is 107 Å². The summed E-state index contributed by atoms with van der Waals surface area (Å²) < 4.78 is 5.43. The number of hydrogen-bond donors (Lipinski definition) is 4. The first-order chi connectivity index (χ1) is 28.5. The first kappa shape index (κ1) is 38.8. The molecule has 0 spiro atoms. The Morgan fingerprint density at radius 1 is 0.776 bits per heavy atom. The third-order valence-corrected chi connectivity index (χ3v) is 13.8. The molecule has 1 saturated carbocycles. The van der Waals surface area contributed by atoms with Crippen molar-refractivity contribution < 1.29 is 14.3 Å². The summed E-state index contributed by atoms with van der Waals surface area (Å²) in [6, 6.07) is 27.2. The number of rotatable bonds is 8. The predicted molar refractivity (Wildman–Crippen MR) is 232 cm³/mol. The van der Waals surface area contributed by atoms with E-state index in [1.807, 2.05) is 37.3 Å². The molecule has 58 heavy (non-hydrogen) atoms. The number of ether oxygens (including phenoxy) is 1. The van der Waals surface area contributed by atoms with Gasteiger partial charge in [0, 0.05) is 107 Å². The molecule has 9 rings (SSSR count). The Balaban J connectivity index is 1.04. The summed E-state index contributed by atoms with van der Waals surface area (Å²) in [5.41, 5.74) is 6.28. The van der Waals surface area contributed by atoms with E-state index >= 15 is 0 Å². The number of piperazine rings is 2. The molecule has 0 bridgehead atoms. The summed E-state index contributed by atoms with van der Waals surface area (Å²) in [6.45, 7) is 9.25. The van der Waals surface area contributed by atoms with Crippen molar-refractivity contribution in [2.45, 2.75) is 64.3 Å². The SMILES string of the molecule is CCOCCNC(=O)c1ccc2c(c1)N=C(N1CCN[C@H](c3cccc4c3Sc3ccc(C(=O)NC5CCCC5)cc3N=C4N3CCNCC3)C1)c1ccccc1S2. The summed E-state index contributed by atoms with van der Waals surface area (Å²) in [5.74, 6) is 1.71. The zero-order valence-corrected chi connectivity index (χ0v) is 34.5. The van der Waals surface area contributed by atoms with Gasteiger partial charge in [-0.3, -0.25) is 9.59 Å². The van der Waals surface area contributed by atoms with Gasteiger partial charge in [-0.25, -0.2) is 9.98 Å². The van der Waals surface area contributed by atoms with E-state index in [4.69, 9.17) is 14.7 Å². The van der Waals surface area contributed by atoms with Gasteiger partial charge in [0.2, 0.25) is 0 Å². The van der Waals surface area contributed by atoms with Gasteiger partial charge in [-0.05, 0) is 67.8 Å². The average molecular weight is 815 g/mol. The number of aliphatic imine (C=N–C) groups is 2. The predicted octanol–water partition coefficient (Wildman–Crippen LogP) is 6.76. The highest BCUT2D eigenvalue weighted by atomic mass is 32.2. The Kier molecular flexibility index (Phi) is 11.8. The van der Waals surface area contributed by atoms with Gasteiger partial charge in [0.15, 0.2) is 0 Å². The van der Waals surface area contributed by atoms with Gasteiger partial charge in [-0.2, -0.15) is 0 Å². The van der Waals surface area contributed by atoms with Crippen molar-refractivity contribution in [3.8, 4) is 0 Å². The van der Waals surface area contributed by atoms with E-state index in [9.17, 15) is 9.59 Å². The largest absolute Gasteiger partial charge is 0.380 e. The molecule has 0 radical (unpaired) electrons. The third-order valence-electron chi connectivity index (χ3n) is 11.4. The molecule has 5 aliphatic rings. The Morgan fingerprint density at radius 2 is 1.47 bits per heavy atom. The van der Waals surface area contributed by atoms with Crippen molar-refractivity contribution in [2.75, 3.05) is 65.6 Å². The molecule has 2 saturated heterocycles. The van der Waals surface area contributed by atoms with Crippen LogP contribution in [-0.4, -0.2) is 105 Å². The summed E-state index contributed by atoms with van der Waals surface area (Å²) >= 11 is 3.44. The highest BCUT2D eigenvalue weighted by molar-refractivity contribution is 8.00. The normalized spacial score (nSPS) is 19.1. The van der Waals surface area contributed by atoms with Crippen molar-refractivity contribution >= 4 is 58.4 Å². The molecule has 4 aromatic carbocycles. The fourth-order valence-corrected chi connectivity index (χ4v) is 10.6. The Bertz CT molecular complexity index is 2250. The second-order valence-electron chi connectivity index (χ2n) is 15.3. The van der Waals surface area contributed by atoms with Crippen molar-refractivity contribution in [1.82, 2.24) is 31.1 Å². The van der Waals surface area contributed by atoms with E-state index in [0.29, 0.717) is 37.4 Å². The number of benzene rings is 4. The van der Waals surface area contributed by atoms with E-state index in [2.05, 4.69) is 79.6 Å². The lowest BCUT2D eigenvalue weighted by Crippen LogP contribution is -2.49. The van der Waals surface area contributed by atoms with Crippen LogP contribution in [0, 0.1) is 0 Å². The molecule has 0 unspecified atom stereocenters. The van der Waals surface area contributed by atoms with Gasteiger partial charge in [-0.15, -0.1) is 0 Å². The van der Waals surface area contributed by atoms with Gasteiger partial charge in [0.1, 0.15) is 11.7 Å². The molecule has 4 N–H and O–H groups in total. The third kappa shape index (κ3) is 8.28. The topological polar surface area (TPSA) is 123 Å². The number of amides is 2. The fourth-order valence-electron chi connectivity index (χ4n) is 8.43. The molecular formula is C45H50N8O3S2. The van der Waals surface area contributed by atoms with E-state index in [1.54, 1.807) is 23.5 Å². The van der Waals surface area contributed by atoms with Crippen molar-refractivity contribution in [3.63, 3.8) is 0 Å². The Morgan fingerprint density at radius 3 is 2.24 bits per heavy atom. The summed E-state index contributed by atoms with van der Waals surface area (Å²) in [5, 5.41) is 13.6. The van der Waals surface area contributed by atoms with Crippen LogP contribution in [0.15, 0.2) is 108 Å². The number of carbonyl (C=O) groups is 2. The second-order valence-corrected chi connectivity index (χ2v) is 17.4. The van der Waals surface area contributed by atoms with E-state index in [1.165, 1.54) is 23.3 Å². The molecule has 4 aliphatic heterocycles. The second kappa shape index (κ2) is 17.7. The molecule has 300 valence electrons. The smallest absolute Gasteiger partial charge is 0.251 e. The van der Waals surface area contributed by atoms with Crippen LogP contribution in [0.3, 0.4) is 0 Å². The van der Waals surface area contributed by atoms with Gasteiger partial charge in [0.05, 0.1) is 24.0 Å². The molecule has 1 atom stereocenters. The zero-order valence-electron chi connectivity index (χ0n) is 32.9. The maximum atomic E-state index is 13.4. The van der Waals surface area contributed by atoms with Crippen molar-refractivity contribution in [1.29, 1.82) is 0 Å². The zero-order chi connectivity index (χ0) is 39.4. The number of carbonyl (C=O) groups excluding carboxylic acids is 2. The van der Waals surface area contributed by atoms with E-state index in [-0.39, 0.29) is 23.9 Å². The van der Waals surface area contributed by atoms with Crippen LogP contribution in [0.2, 0.25) is 0 Å². The quantitative estimate of drug-likeness (QED) is 0.143. The van der Waals surface area contributed by atoms with Crippen molar-refractivity contribution in [2.24, 2.45) is 9.98 Å². The maximum Gasteiger partial charge on any atom is 0.251 e. The minimum absolute atomic E-state index is 0.00572. The molecule has 3 fully saturated rings. The molecular weight excluding hydrogens is 765 g/mol. The molecule has 2 amide bonds. The first-order valence-electron chi connectivity index (χ1n) is 20.7. The molecule has 13 heteroatoms. The lowest BCUT2D eigenvalue weighted by atomic mass is 9.99. The highest BCUT2D eigenvalue weighted by Crippen LogP contribution is 2.46. The standard InChI is InChI=1S/C45H50N8O3S2/c1-2-56-25-21-48-44(54)29-14-16-39-35(26-29)50-42(33-10-5-6-13-38(33)57-39)53-24-20-47-37(28-53)32-11-7-12-34-41(32)58-40-17-15-30(45(55)49-31-8-3-4-9-31)27-36(40)51-43(34)52-22-18-46-19-23-52/h5-7,10-17,26-27,31,37,46-47H,2-4,8-9,18-25,28H2,1H3,(H,48,54)(H,49,55)/t37-/m0/s1. The van der Waals surface area contributed by atoms with Gasteiger partial charge in [0.25, 0.3) is 11.8 Å². The molecule has 4 heterocycles. The van der Waals surface area contributed by atoms with Crippen LogP contribution in [0.25, 0.3) is 0 Å². The number of nitrogens with zero attached hydrogens (tertiary/aromatic N) is 4. The number of nitrogens with one attached hydrogen (secondary N) is 4. The lowest BCUT2D eigenvalue weighted by Gasteiger charge is -2.37. The number of amidine groups is 2. The van der Waals surface area contributed by atoms with Crippen LogP contribution in [0.5, 0.6) is 0 Å². The Labute approximate surface area is 348 Å². The fraction of sp³-hybridized carbons (Fsp3) is 0.378. The van der Waals surface area contributed by atoms with Crippen LogP contribution in [0.1, 0.15) is 76.1 Å². The number of hydrogen-bond acceptors (Lipinski definition) is 11. The first-order valence-corrected chi connectivity index (χ1v) is 22.3. The van der Waals surface area contributed by atoms with Crippen LogP contribution in [-0.2, 0) is 4.74 Å².